The Hall–Kier alpha value is -1.30. The van der Waals surface area contributed by atoms with Gasteiger partial charge in [0.15, 0.2) is 5.54 Å². The van der Waals surface area contributed by atoms with Gasteiger partial charge in [0.05, 0.1) is 6.61 Å². The smallest absolute Gasteiger partial charge is 0.332 e. The Morgan fingerprint density at radius 3 is 2.50 bits per heavy atom. The number of carbonyl (C=O) groups is 2. The van der Waals surface area contributed by atoms with E-state index < -0.39 is 17.5 Å². The molecule has 1 aliphatic heterocycles. The van der Waals surface area contributed by atoms with Crippen LogP contribution in [0, 0.1) is 5.41 Å². The van der Waals surface area contributed by atoms with Crippen LogP contribution in [0.1, 0.15) is 33.6 Å². The Bertz CT molecular complexity index is 317. The fourth-order valence-electron chi connectivity index (χ4n) is 1.70. The number of nitrogens with one attached hydrogen (secondary N) is 2. The normalized spacial score (nSPS) is 23.7. The maximum absolute atomic E-state index is 11.7. The number of carbonyl (C=O) groups excluding carboxylic acids is 1. The van der Waals surface area contributed by atoms with Gasteiger partial charge in [0, 0.05) is 19.6 Å². The lowest BCUT2D eigenvalue weighted by atomic mass is 9.92. The van der Waals surface area contributed by atoms with Crippen molar-refractivity contribution in [2.45, 2.75) is 39.2 Å². The van der Waals surface area contributed by atoms with Gasteiger partial charge in [0.25, 0.3) is 0 Å². The molecule has 0 aromatic carbocycles. The maximum Gasteiger partial charge on any atom is 0.332 e. The molecule has 0 radical (unpaired) electrons. The van der Waals surface area contributed by atoms with Crippen LogP contribution >= 0.6 is 0 Å². The zero-order valence-electron chi connectivity index (χ0n) is 11.2. The second-order valence-electron chi connectivity index (χ2n) is 5.88. The van der Waals surface area contributed by atoms with Crippen LogP contribution in [0.2, 0.25) is 0 Å². The SMILES string of the molecule is CC(C)(C)CCNC(=O)NC1(C(=O)O)CCOC1. The predicted molar refractivity (Wildman–Crippen MR) is 66.4 cm³/mol. The van der Waals surface area contributed by atoms with E-state index in [1.807, 2.05) is 0 Å². The number of urea groups is 1. The predicted octanol–water partition coefficient (Wildman–Crippen LogP) is 0.965. The molecule has 1 heterocycles. The minimum absolute atomic E-state index is 0.0228. The molecule has 1 fully saturated rings. The van der Waals surface area contributed by atoms with Crippen LogP contribution < -0.4 is 10.6 Å². The lowest BCUT2D eigenvalue weighted by Crippen LogP contribution is -2.57. The monoisotopic (exact) mass is 258 g/mol. The van der Waals surface area contributed by atoms with Crippen LogP contribution in [0.15, 0.2) is 0 Å². The van der Waals surface area contributed by atoms with E-state index in [0.717, 1.165) is 6.42 Å². The van der Waals surface area contributed by atoms with Crippen molar-refractivity contribution in [1.82, 2.24) is 10.6 Å². The highest BCUT2D eigenvalue weighted by Gasteiger charge is 2.43. The van der Waals surface area contributed by atoms with E-state index in [-0.39, 0.29) is 12.0 Å². The molecule has 2 amide bonds. The Labute approximate surface area is 107 Å². The number of ether oxygens (including phenoxy) is 1. The molecule has 0 saturated carbocycles. The van der Waals surface area contributed by atoms with Gasteiger partial charge >= 0.3 is 12.0 Å². The van der Waals surface area contributed by atoms with E-state index in [1.54, 1.807) is 0 Å². The molecule has 1 atom stereocenters. The van der Waals surface area contributed by atoms with Gasteiger partial charge in [0.2, 0.25) is 0 Å². The second-order valence-corrected chi connectivity index (χ2v) is 5.88. The highest BCUT2D eigenvalue weighted by atomic mass is 16.5. The van der Waals surface area contributed by atoms with E-state index in [9.17, 15) is 9.59 Å². The van der Waals surface area contributed by atoms with Crippen molar-refractivity contribution in [1.29, 1.82) is 0 Å². The molecule has 104 valence electrons. The molecule has 0 spiro atoms. The summed E-state index contributed by atoms with van der Waals surface area (Å²) in [5.74, 6) is -1.05. The van der Waals surface area contributed by atoms with Crippen molar-refractivity contribution in [2.24, 2.45) is 5.41 Å². The highest BCUT2D eigenvalue weighted by Crippen LogP contribution is 2.19. The first-order chi connectivity index (χ1) is 8.25. The second kappa shape index (κ2) is 5.56. The van der Waals surface area contributed by atoms with Crippen molar-refractivity contribution in [2.75, 3.05) is 19.8 Å². The summed E-state index contributed by atoms with van der Waals surface area (Å²) in [6.45, 7) is 7.14. The van der Waals surface area contributed by atoms with Gasteiger partial charge in [-0.3, -0.25) is 0 Å². The maximum atomic E-state index is 11.7. The third kappa shape index (κ3) is 4.18. The molecule has 1 unspecified atom stereocenters. The number of aliphatic carboxylic acids is 1. The topological polar surface area (TPSA) is 87.7 Å². The average molecular weight is 258 g/mol. The van der Waals surface area contributed by atoms with Crippen molar-refractivity contribution in [3.63, 3.8) is 0 Å². The number of hydrogen-bond donors (Lipinski definition) is 3. The van der Waals surface area contributed by atoms with Crippen molar-refractivity contribution < 1.29 is 19.4 Å². The number of carboxylic acid groups (broad SMARTS) is 1. The quantitative estimate of drug-likeness (QED) is 0.701. The molecule has 0 aromatic rings. The molecular formula is C12H22N2O4. The largest absolute Gasteiger partial charge is 0.479 e. The highest BCUT2D eigenvalue weighted by molar-refractivity contribution is 5.86. The Balaban J connectivity index is 2.41. The first-order valence-corrected chi connectivity index (χ1v) is 6.12. The molecule has 18 heavy (non-hydrogen) atoms. The molecule has 6 nitrogen and oxygen atoms in total. The van der Waals surface area contributed by atoms with E-state index >= 15 is 0 Å². The van der Waals surface area contributed by atoms with E-state index in [2.05, 4.69) is 31.4 Å². The van der Waals surface area contributed by atoms with E-state index in [0.29, 0.717) is 19.6 Å². The fraction of sp³-hybridized carbons (Fsp3) is 0.833. The first kappa shape index (κ1) is 14.8. The van der Waals surface area contributed by atoms with Gasteiger partial charge in [-0.25, -0.2) is 9.59 Å². The minimum Gasteiger partial charge on any atom is -0.479 e. The zero-order valence-corrected chi connectivity index (χ0v) is 11.2. The number of amides is 2. The van der Waals surface area contributed by atoms with E-state index in [4.69, 9.17) is 9.84 Å². The summed E-state index contributed by atoms with van der Waals surface area (Å²) in [6.07, 6.45) is 1.13. The van der Waals surface area contributed by atoms with E-state index in [1.165, 1.54) is 0 Å². The summed E-state index contributed by atoms with van der Waals surface area (Å²) in [7, 11) is 0. The lowest BCUT2D eigenvalue weighted by Gasteiger charge is -2.24. The fourth-order valence-corrected chi connectivity index (χ4v) is 1.70. The summed E-state index contributed by atoms with van der Waals surface area (Å²) < 4.78 is 5.06. The van der Waals surface area contributed by atoms with Crippen molar-refractivity contribution in [3.05, 3.63) is 0 Å². The minimum atomic E-state index is -1.27. The lowest BCUT2D eigenvalue weighted by molar-refractivity contribution is -0.144. The summed E-state index contributed by atoms with van der Waals surface area (Å²) in [6, 6.07) is -0.452. The molecule has 1 saturated heterocycles. The molecule has 0 aromatic heterocycles. The van der Waals surface area contributed by atoms with Gasteiger partial charge in [-0.1, -0.05) is 20.8 Å². The molecular weight excluding hydrogens is 236 g/mol. The standard InChI is InChI=1S/C12H22N2O4/c1-11(2,3)4-6-13-10(17)14-12(9(15)16)5-7-18-8-12/h4-8H2,1-3H3,(H,15,16)(H2,13,14,17). The van der Waals surface area contributed by atoms with Crippen LogP contribution in [0.25, 0.3) is 0 Å². The number of hydrogen-bond acceptors (Lipinski definition) is 3. The summed E-state index contributed by atoms with van der Waals surface area (Å²) in [5.41, 5.74) is -1.14. The molecule has 1 aliphatic rings. The summed E-state index contributed by atoms with van der Waals surface area (Å²) in [4.78, 5) is 22.8. The van der Waals surface area contributed by atoms with Crippen LogP contribution in [-0.2, 0) is 9.53 Å². The molecule has 3 N–H and O–H groups in total. The van der Waals surface area contributed by atoms with Crippen molar-refractivity contribution >= 4 is 12.0 Å². The molecule has 1 rings (SSSR count). The number of carboxylic acids is 1. The summed E-state index contributed by atoms with van der Waals surface area (Å²) >= 11 is 0. The molecule has 6 heteroatoms. The van der Waals surface area contributed by atoms with Gasteiger partial charge < -0.3 is 20.5 Å². The third-order valence-electron chi connectivity index (χ3n) is 2.94. The van der Waals surface area contributed by atoms with Crippen molar-refractivity contribution in [3.8, 4) is 0 Å². The third-order valence-corrected chi connectivity index (χ3v) is 2.94. The van der Waals surface area contributed by atoms with Gasteiger partial charge in [-0.2, -0.15) is 0 Å². The molecule has 0 aliphatic carbocycles. The average Bonchev–Trinajstić information content (AvgIpc) is 2.65. The Morgan fingerprint density at radius 2 is 2.06 bits per heavy atom. The summed E-state index contributed by atoms with van der Waals surface area (Å²) in [5, 5.41) is 14.3. The van der Waals surface area contributed by atoms with Crippen LogP contribution in [0.5, 0.6) is 0 Å². The Kier molecular flexibility index (Phi) is 4.56. The van der Waals surface area contributed by atoms with Crippen LogP contribution in [0.4, 0.5) is 4.79 Å². The van der Waals surface area contributed by atoms with Gasteiger partial charge in [-0.15, -0.1) is 0 Å². The van der Waals surface area contributed by atoms with Gasteiger partial charge in [0.1, 0.15) is 0 Å². The number of rotatable bonds is 4. The zero-order chi connectivity index (χ0) is 13.8. The van der Waals surface area contributed by atoms with Crippen LogP contribution in [-0.4, -0.2) is 42.4 Å². The molecule has 0 bridgehead atoms. The first-order valence-electron chi connectivity index (χ1n) is 6.12. The van der Waals surface area contributed by atoms with Gasteiger partial charge in [-0.05, 0) is 11.8 Å². The Morgan fingerprint density at radius 1 is 1.39 bits per heavy atom. The van der Waals surface area contributed by atoms with Crippen LogP contribution in [0.3, 0.4) is 0 Å².